The van der Waals surface area contributed by atoms with Crippen LogP contribution in [0.4, 0.5) is 24.2 Å². The number of carbonyl (C=O) groups excluding carboxylic acids is 2. The van der Waals surface area contributed by atoms with Gasteiger partial charge >= 0.3 is 12.1 Å². The van der Waals surface area contributed by atoms with Crippen molar-refractivity contribution in [1.82, 2.24) is 14.6 Å². The summed E-state index contributed by atoms with van der Waals surface area (Å²) in [6.45, 7) is -0.777. The van der Waals surface area contributed by atoms with Crippen molar-refractivity contribution in [3.63, 3.8) is 0 Å². The van der Waals surface area contributed by atoms with Crippen LogP contribution in [0.25, 0.3) is 10.8 Å². The summed E-state index contributed by atoms with van der Waals surface area (Å²) in [6.07, 6.45) is 0.824. The number of urea groups is 1. The lowest BCUT2D eigenvalue weighted by molar-refractivity contribution is 0.0114. The van der Waals surface area contributed by atoms with Gasteiger partial charge in [0.15, 0.2) is 11.6 Å². The number of ether oxygens (including phenoxy) is 1. The third-order valence-electron chi connectivity index (χ3n) is 5.97. The molecule has 1 saturated heterocycles. The van der Waals surface area contributed by atoms with Crippen molar-refractivity contribution in [2.24, 2.45) is 0 Å². The third-order valence-corrected chi connectivity index (χ3v) is 10.0. The normalized spacial score (nSPS) is 22.7. The molecule has 0 aliphatic carbocycles. The molecule has 1 fully saturated rings. The number of nitrogens with zero attached hydrogens (tertiary/aromatic N) is 2. The second kappa shape index (κ2) is 10.2. The number of amides is 3. The molecule has 1 aromatic heterocycles. The number of hydrogen-bond acceptors (Lipinski definition) is 6. The van der Waals surface area contributed by atoms with Crippen LogP contribution in [-0.4, -0.2) is 68.3 Å². The number of rotatable bonds is 7. The Morgan fingerprint density at radius 3 is 2.61 bits per heavy atom. The number of hydrogen-bond donors (Lipinski definition) is 4. The van der Waals surface area contributed by atoms with Crippen molar-refractivity contribution in [3.8, 4) is 0 Å². The van der Waals surface area contributed by atoms with Gasteiger partial charge in [0, 0.05) is 42.2 Å². The zero-order valence-corrected chi connectivity index (χ0v) is 20.2. The highest BCUT2D eigenvalue weighted by Crippen LogP contribution is 2.62. The van der Waals surface area contributed by atoms with Crippen molar-refractivity contribution >= 4 is 38.9 Å². The van der Waals surface area contributed by atoms with E-state index >= 15 is 0 Å². The molecule has 4 rings (SSSR count). The number of aromatic nitrogens is 1. The molecule has 3 aromatic rings. The van der Waals surface area contributed by atoms with Crippen LogP contribution in [0.15, 0.2) is 54.7 Å². The smallest absolute Gasteiger partial charge is 0.413 e. The van der Waals surface area contributed by atoms with Gasteiger partial charge in [-0.1, -0.05) is 36.4 Å². The monoisotopic (exact) mass is 520 g/mol. The summed E-state index contributed by atoms with van der Waals surface area (Å²) < 4.78 is 34.1. The number of aliphatic hydroxyl groups is 2. The Morgan fingerprint density at radius 1 is 1.17 bits per heavy atom. The van der Waals surface area contributed by atoms with Crippen molar-refractivity contribution in [3.05, 3.63) is 71.9 Å². The van der Waals surface area contributed by atoms with Gasteiger partial charge in [-0.3, -0.25) is 9.62 Å². The highest BCUT2D eigenvalue weighted by Gasteiger charge is 2.54. The quantitative estimate of drug-likeness (QED) is 0.379. The van der Waals surface area contributed by atoms with E-state index in [1.54, 1.807) is 12.3 Å². The topological polar surface area (TPSA) is 124 Å². The van der Waals surface area contributed by atoms with Crippen LogP contribution in [0.2, 0.25) is 0 Å². The predicted molar refractivity (Wildman–Crippen MR) is 132 cm³/mol. The van der Waals surface area contributed by atoms with E-state index in [9.17, 15) is 28.6 Å². The zero-order valence-electron chi connectivity index (χ0n) is 19.4. The highest BCUT2D eigenvalue weighted by atomic mass is 32.3. The second-order valence-electron chi connectivity index (χ2n) is 8.63. The lowest BCUT2D eigenvalue weighted by Gasteiger charge is -2.59. The van der Waals surface area contributed by atoms with E-state index in [-0.39, 0.29) is 35.4 Å². The molecule has 3 amide bonds. The van der Waals surface area contributed by atoms with Gasteiger partial charge in [-0.2, -0.15) is 0 Å². The average molecular weight is 521 g/mol. The molecule has 9 nitrogen and oxygen atoms in total. The van der Waals surface area contributed by atoms with Gasteiger partial charge in [-0.15, -0.1) is 10.2 Å². The highest BCUT2D eigenvalue weighted by molar-refractivity contribution is 8.33. The number of fused-ring (bicyclic) bond motifs is 1. The number of halogens is 2. The first-order valence-corrected chi connectivity index (χ1v) is 13.1. The maximum Gasteiger partial charge on any atom is 0.413 e. The molecule has 0 atom stereocenters. The first-order chi connectivity index (χ1) is 17.1. The van der Waals surface area contributed by atoms with Gasteiger partial charge in [0.1, 0.15) is 17.4 Å². The maximum absolute atomic E-state index is 13.9. The van der Waals surface area contributed by atoms with Gasteiger partial charge in [0.05, 0.1) is 6.61 Å². The van der Waals surface area contributed by atoms with E-state index in [1.807, 2.05) is 24.3 Å². The fraction of sp³-hybridized carbons (Fsp3) is 0.292. The van der Waals surface area contributed by atoms with Crippen LogP contribution < -0.4 is 10.6 Å². The summed E-state index contributed by atoms with van der Waals surface area (Å²) in [5.74, 6) is -1.95. The summed E-state index contributed by atoms with van der Waals surface area (Å²) in [5, 5.41) is 26.8. The molecule has 4 N–H and O–H groups in total. The average Bonchev–Trinajstić information content (AvgIpc) is 2.86. The first-order valence-electron chi connectivity index (χ1n) is 11.0. The summed E-state index contributed by atoms with van der Waals surface area (Å²) >= 11 is 0. The van der Waals surface area contributed by atoms with E-state index in [0.29, 0.717) is 0 Å². The minimum Gasteiger partial charge on any atom is -0.438 e. The first kappa shape index (κ1) is 25.6. The van der Waals surface area contributed by atoms with Gasteiger partial charge in [0.25, 0.3) is 0 Å². The van der Waals surface area contributed by atoms with Gasteiger partial charge < -0.3 is 20.3 Å². The largest absolute Gasteiger partial charge is 0.438 e. The number of nitrogens with one attached hydrogen (secondary N) is 2. The van der Waals surface area contributed by atoms with Crippen LogP contribution in [0.1, 0.15) is 5.56 Å². The summed E-state index contributed by atoms with van der Waals surface area (Å²) in [4.78, 5) is 29.5. The van der Waals surface area contributed by atoms with Crippen molar-refractivity contribution < 1.29 is 33.3 Å². The van der Waals surface area contributed by atoms with E-state index < -0.39 is 46.2 Å². The maximum atomic E-state index is 13.9. The SMILES string of the molecule is CN(C(=O)NCc1cccc(F)c1F)S1(COC(=O)Nc2cc3ccccc3cn2)CC(O)(CO)C1. The minimum atomic E-state index is -2.20. The molecule has 0 spiro atoms. The number of anilines is 1. The molecule has 12 heteroatoms. The van der Waals surface area contributed by atoms with Gasteiger partial charge in [-0.05, 0) is 17.5 Å². The second-order valence-corrected chi connectivity index (χ2v) is 12.0. The molecule has 2 heterocycles. The van der Waals surface area contributed by atoms with E-state index in [4.69, 9.17) is 4.74 Å². The Labute approximate surface area is 207 Å². The van der Waals surface area contributed by atoms with E-state index in [1.165, 1.54) is 23.5 Å². The fourth-order valence-electron chi connectivity index (χ4n) is 4.00. The number of carbonyl (C=O) groups is 2. The Kier molecular flexibility index (Phi) is 7.29. The molecule has 2 aromatic carbocycles. The van der Waals surface area contributed by atoms with Crippen LogP contribution in [0, 0.1) is 11.6 Å². The van der Waals surface area contributed by atoms with Crippen LogP contribution in [0.5, 0.6) is 0 Å². The summed E-state index contributed by atoms with van der Waals surface area (Å²) in [7, 11) is -0.731. The number of aliphatic hydroxyl groups excluding tert-OH is 1. The molecule has 192 valence electrons. The van der Waals surface area contributed by atoms with E-state index in [2.05, 4.69) is 15.6 Å². The van der Waals surface area contributed by atoms with Gasteiger partial charge in [0.2, 0.25) is 0 Å². The van der Waals surface area contributed by atoms with Crippen molar-refractivity contribution in [2.75, 3.05) is 36.4 Å². The molecular formula is C24H26F2N4O5S. The molecular weight excluding hydrogens is 494 g/mol. The Bertz CT molecular complexity index is 1290. The van der Waals surface area contributed by atoms with Crippen molar-refractivity contribution in [2.45, 2.75) is 12.1 Å². The molecule has 0 unspecified atom stereocenters. The minimum absolute atomic E-state index is 0.0241. The van der Waals surface area contributed by atoms with Gasteiger partial charge in [-0.25, -0.2) is 23.4 Å². The third kappa shape index (κ3) is 5.35. The number of benzene rings is 2. The van der Waals surface area contributed by atoms with Crippen LogP contribution >= 0.6 is 10.2 Å². The van der Waals surface area contributed by atoms with E-state index in [0.717, 1.165) is 16.8 Å². The zero-order chi connectivity index (χ0) is 25.9. The number of pyridine rings is 1. The molecule has 0 bridgehead atoms. The Balaban J connectivity index is 1.40. The lowest BCUT2D eigenvalue weighted by atomic mass is 10.1. The Morgan fingerprint density at radius 2 is 1.89 bits per heavy atom. The lowest BCUT2D eigenvalue weighted by Crippen LogP contribution is -2.61. The summed E-state index contributed by atoms with van der Waals surface area (Å²) in [5.41, 5.74) is -1.43. The molecule has 36 heavy (non-hydrogen) atoms. The Hall–Kier alpha value is -3.48. The fourth-order valence-corrected chi connectivity index (χ4v) is 7.56. The molecule has 0 saturated carbocycles. The molecule has 1 aliphatic heterocycles. The molecule has 1 aliphatic rings. The van der Waals surface area contributed by atoms with Crippen LogP contribution in [0.3, 0.4) is 0 Å². The van der Waals surface area contributed by atoms with Crippen LogP contribution in [-0.2, 0) is 11.3 Å². The summed E-state index contributed by atoms with van der Waals surface area (Å²) in [6, 6.07) is 12.2. The predicted octanol–water partition coefficient (Wildman–Crippen LogP) is 3.32. The standard InChI is InChI=1S/C24H26F2N4O5S/c1-30(22(32)28-11-18-7-4-8-19(25)21(18)26)36(13-24(34,12-31)14-36)15-35-23(33)29-20-9-16-5-2-3-6-17(16)10-27-20/h2-10,31,34H,11-15H2,1H3,(H,28,32)(H,27,29,33). The van der Waals surface area contributed by atoms with Crippen molar-refractivity contribution in [1.29, 1.82) is 0 Å². The molecule has 0 radical (unpaired) electrons.